The van der Waals surface area contributed by atoms with Crippen LogP contribution in [-0.4, -0.2) is 61.7 Å². The van der Waals surface area contributed by atoms with Gasteiger partial charge in [-0.15, -0.1) is 0 Å². The summed E-state index contributed by atoms with van der Waals surface area (Å²) in [5.74, 6) is -3.55. The van der Waals surface area contributed by atoms with Crippen molar-refractivity contribution in [3.8, 4) is 0 Å². The van der Waals surface area contributed by atoms with Gasteiger partial charge in [-0.2, -0.15) is 17.5 Å². The van der Waals surface area contributed by atoms with Crippen molar-refractivity contribution in [2.24, 2.45) is 17.8 Å². The highest BCUT2D eigenvalue weighted by Crippen LogP contribution is 2.53. The van der Waals surface area contributed by atoms with Crippen LogP contribution in [0.15, 0.2) is 72.8 Å². The molecule has 2 bridgehead atoms. The molecule has 3 heterocycles. The molecule has 3 aliphatic carbocycles. The van der Waals surface area contributed by atoms with Crippen molar-refractivity contribution in [1.82, 2.24) is 4.31 Å². The Morgan fingerprint density at radius 3 is 1.65 bits per heavy atom. The molecule has 2 aromatic rings. The number of rotatable bonds is 4. The molecule has 0 aromatic heterocycles. The largest absolute Gasteiger partial charge is 0.393 e. The number of benzene rings is 2. The predicted molar refractivity (Wildman–Crippen MR) is 137 cm³/mol. The van der Waals surface area contributed by atoms with E-state index in [1.165, 1.54) is 4.31 Å². The lowest BCUT2D eigenvalue weighted by Crippen LogP contribution is -2.60. The number of ether oxygens (including phenoxy) is 4. The molecular formula is C29H30F3NO6S. The van der Waals surface area contributed by atoms with E-state index in [1.54, 1.807) is 12.2 Å². The maximum Gasteiger partial charge on any atom is 0.393 e. The highest BCUT2D eigenvalue weighted by Gasteiger charge is 2.65. The Bertz CT molecular complexity index is 1290. The lowest BCUT2D eigenvalue weighted by Gasteiger charge is -2.47. The molecule has 4 fully saturated rings. The Hall–Kier alpha value is -2.28. The van der Waals surface area contributed by atoms with E-state index >= 15 is 0 Å². The molecule has 0 radical (unpaired) electrons. The van der Waals surface area contributed by atoms with Gasteiger partial charge in [0.2, 0.25) is 10.0 Å². The fourth-order valence-corrected chi connectivity index (χ4v) is 10.0. The first-order valence-electron chi connectivity index (χ1n) is 13.6. The Balaban J connectivity index is 1.26. The maximum atomic E-state index is 14.4. The molecule has 2 aromatic carbocycles. The first kappa shape index (κ1) is 26.6. The molecule has 3 aliphatic heterocycles. The van der Waals surface area contributed by atoms with Crippen LogP contribution >= 0.6 is 0 Å². The van der Waals surface area contributed by atoms with Gasteiger partial charge < -0.3 is 18.9 Å². The second-order valence-corrected chi connectivity index (χ2v) is 13.2. The van der Waals surface area contributed by atoms with E-state index in [9.17, 15) is 21.6 Å². The molecule has 10 atom stereocenters. The van der Waals surface area contributed by atoms with Crippen molar-refractivity contribution in [2.45, 2.75) is 61.1 Å². The number of hydrogen-bond donors (Lipinski definition) is 0. The Labute approximate surface area is 230 Å². The fourth-order valence-electron chi connectivity index (χ4n) is 7.25. The first-order chi connectivity index (χ1) is 19.2. The van der Waals surface area contributed by atoms with E-state index in [0.29, 0.717) is 12.8 Å². The van der Waals surface area contributed by atoms with E-state index in [2.05, 4.69) is 0 Å². The molecule has 11 heteroatoms. The normalized spacial score (nSPS) is 39.6. The van der Waals surface area contributed by atoms with E-state index in [4.69, 9.17) is 18.9 Å². The summed E-state index contributed by atoms with van der Waals surface area (Å²) in [6.45, 7) is -0.0771. The van der Waals surface area contributed by atoms with E-state index < -0.39 is 76.1 Å². The van der Waals surface area contributed by atoms with Crippen LogP contribution < -0.4 is 0 Å². The third kappa shape index (κ3) is 4.33. The summed E-state index contributed by atoms with van der Waals surface area (Å²) in [6, 6.07) is 16.8. The molecule has 214 valence electrons. The third-order valence-corrected chi connectivity index (χ3v) is 11.4. The quantitative estimate of drug-likeness (QED) is 0.489. The summed E-state index contributed by atoms with van der Waals surface area (Å²) in [4.78, 5) is 0. The summed E-state index contributed by atoms with van der Waals surface area (Å²) < 4.78 is 98.0. The number of nitrogens with zero attached hydrogens (tertiary/aromatic N) is 1. The van der Waals surface area contributed by atoms with Crippen molar-refractivity contribution in [1.29, 1.82) is 0 Å². The number of halogens is 3. The van der Waals surface area contributed by atoms with Crippen LogP contribution in [0.1, 0.15) is 36.5 Å². The van der Waals surface area contributed by atoms with Crippen molar-refractivity contribution >= 4 is 10.0 Å². The lowest BCUT2D eigenvalue weighted by molar-refractivity contribution is -0.278. The SMILES string of the molecule is O=S(=O)([C@@H]1[C@@H](C(F)(F)F)[C@@H]2C=C[C@H]1CC2)N1[C@H]2COC(c3ccccc3)O[C@H]2[C@@H]2OC(c3ccccc3)OC[C@@H]21. The molecule has 1 saturated carbocycles. The van der Waals surface area contributed by atoms with Crippen LogP contribution in [0.25, 0.3) is 0 Å². The van der Waals surface area contributed by atoms with Gasteiger partial charge in [-0.25, -0.2) is 8.42 Å². The van der Waals surface area contributed by atoms with Gasteiger partial charge in [0.25, 0.3) is 0 Å². The molecule has 40 heavy (non-hydrogen) atoms. The van der Waals surface area contributed by atoms with Gasteiger partial charge in [-0.3, -0.25) is 0 Å². The average Bonchev–Trinajstić information content (AvgIpc) is 3.31. The zero-order valence-electron chi connectivity index (χ0n) is 21.5. The van der Waals surface area contributed by atoms with E-state index in [-0.39, 0.29) is 13.2 Å². The zero-order chi connectivity index (χ0) is 27.6. The topological polar surface area (TPSA) is 74.3 Å². The van der Waals surface area contributed by atoms with E-state index in [0.717, 1.165) is 11.1 Å². The van der Waals surface area contributed by atoms with Gasteiger partial charge in [-0.05, 0) is 24.7 Å². The number of fused-ring (bicyclic) bond motifs is 5. The van der Waals surface area contributed by atoms with Crippen LogP contribution in [-0.2, 0) is 29.0 Å². The van der Waals surface area contributed by atoms with Crippen molar-refractivity contribution in [3.05, 3.63) is 83.9 Å². The third-order valence-electron chi connectivity index (χ3n) is 8.97. The highest BCUT2D eigenvalue weighted by molar-refractivity contribution is 7.89. The predicted octanol–water partition coefficient (Wildman–Crippen LogP) is 4.74. The van der Waals surface area contributed by atoms with E-state index in [1.807, 2.05) is 60.7 Å². The fraction of sp³-hybridized carbons (Fsp3) is 0.517. The standard InChI is InChI=1S/C29H30F3NO6S/c30-29(31,32)23-17-11-13-18(14-12-17)26(23)40(34,35)33-21-15-36-27(19-7-3-1-4-8-19)38-24(21)25-22(33)16-37-28(39-25)20-9-5-2-6-10-20/h1-11,13,17-18,21-28H,12,14-16H2/t17-,18+,21+,22+,23+,24-,25-,26+,27?,28?/m1/s1. The molecule has 6 aliphatic rings. The summed E-state index contributed by atoms with van der Waals surface area (Å²) in [5.41, 5.74) is 1.52. The first-order valence-corrected chi connectivity index (χ1v) is 15.2. The summed E-state index contributed by atoms with van der Waals surface area (Å²) >= 11 is 0. The molecule has 3 saturated heterocycles. The minimum absolute atomic E-state index is 0.0385. The average molecular weight is 578 g/mol. The van der Waals surface area contributed by atoms with Gasteiger partial charge >= 0.3 is 6.18 Å². The molecule has 2 unspecified atom stereocenters. The Morgan fingerprint density at radius 1 is 0.725 bits per heavy atom. The number of allylic oxidation sites excluding steroid dienone is 2. The second kappa shape index (κ2) is 9.92. The second-order valence-electron chi connectivity index (χ2n) is 11.2. The van der Waals surface area contributed by atoms with Crippen molar-refractivity contribution in [2.75, 3.05) is 13.2 Å². The molecule has 8 rings (SSSR count). The monoisotopic (exact) mass is 577 g/mol. The lowest BCUT2D eigenvalue weighted by atomic mass is 9.68. The number of hydrogen-bond acceptors (Lipinski definition) is 6. The van der Waals surface area contributed by atoms with Crippen LogP contribution in [0, 0.1) is 17.8 Å². The van der Waals surface area contributed by atoms with Crippen LogP contribution in [0.3, 0.4) is 0 Å². The molecule has 0 amide bonds. The highest BCUT2D eigenvalue weighted by atomic mass is 32.2. The van der Waals surface area contributed by atoms with Gasteiger partial charge in [0.05, 0.1) is 36.5 Å². The van der Waals surface area contributed by atoms with Gasteiger partial charge in [-0.1, -0.05) is 72.8 Å². The molecular weight excluding hydrogens is 547 g/mol. The minimum Gasteiger partial charge on any atom is -0.347 e. The number of sulfonamides is 1. The number of alkyl halides is 3. The van der Waals surface area contributed by atoms with Crippen LogP contribution in [0.2, 0.25) is 0 Å². The van der Waals surface area contributed by atoms with Gasteiger partial charge in [0.15, 0.2) is 12.6 Å². The van der Waals surface area contributed by atoms with Gasteiger partial charge in [0.1, 0.15) is 12.2 Å². The van der Waals surface area contributed by atoms with Crippen molar-refractivity contribution < 1.29 is 40.5 Å². The van der Waals surface area contributed by atoms with Crippen LogP contribution in [0.5, 0.6) is 0 Å². The minimum atomic E-state index is -4.65. The maximum absolute atomic E-state index is 14.4. The molecule has 7 nitrogen and oxygen atoms in total. The van der Waals surface area contributed by atoms with Gasteiger partial charge in [0, 0.05) is 11.1 Å². The van der Waals surface area contributed by atoms with Crippen LogP contribution in [0.4, 0.5) is 13.2 Å². The smallest absolute Gasteiger partial charge is 0.347 e. The summed E-state index contributed by atoms with van der Waals surface area (Å²) in [6.07, 6.45) is -3.76. The molecule has 0 N–H and O–H groups in total. The summed E-state index contributed by atoms with van der Waals surface area (Å²) in [5, 5.41) is -1.62. The Kier molecular flexibility index (Phi) is 6.60. The Morgan fingerprint density at radius 2 is 1.20 bits per heavy atom. The zero-order valence-corrected chi connectivity index (χ0v) is 22.3. The molecule has 0 spiro atoms. The van der Waals surface area contributed by atoms with Crippen molar-refractivity contribution in [3.63, 3.8) is 0 Å². The summed E-state index contributed by atoms with van der Waals surface area (Å²) in [7, 11) is -4.49.